The topological polar surface area (TPSA) is 40.5 Å². The maximum Gasteiger partial charge on any atom is 0.258 e. The van der Waals surface area contributed by atoms with Gasteiger partial charge in [0.25, 0.3) is 5.91 Å². The lowest BCUT2D eigenvalue weighted by Gasteiger charge is -2.21. The molecule has 0 saturated carbocycles. The van der Waals surface area contributed by atoms with E-state index in [1.165, 1.54) is 5.56 Å². The molecule has 0 bridgehead atoms. The van der Waals surface area contributed by atoms with Gasteiger partial charge in [-0.15, -0.1) is 0 Å². The molecule has 0 spiro atoms. The number of benzene rings is 2. The standard InChI is InChI=1S/C18H21NO2S/c1-18(2,3)14-10-8-13(9-11-14)17(20)19(4)15-6-5-7-16(12-15)22-21/h5-12,21H,1-4H3. The van der Waals surface area contributed by atoms with Crippen molar-refractivity contribution in [1.82, 2.24) is 0 Å². The largest absolute Gasteiger partial charge is 0.325 e. The number of amides is 1. The van der Waals surface area contributed by atoms with Gasteiger partial charge in [0.1, 0.15) is 0 Å². The molecule has 0 aliphatic heterocycles. The Morgan fingerprint density at radius 1 is 1.09 bits per heavy atom. The van der Waals surface area contributed by atoms with Gasteiger partial charge in [0.15, 0.2) is 0 Å². The Balaban J connectivity index is 2.23. The highest BCUT2D eigenvalue weighted by Gasteiger charge is 2.17. The van der Waals surface area contributed by atoms with Crippen molar-refractivity contribution in [3.63, 3.8) is 0 Å². The molecule has 1 amide bonds. The van der Waals surface area contributed by atoms with Gasteiger partial charge >= 0.3 is 0 Å². The molecule has 0 unspecified atom stereocenters. The van der Waals surface area contributed by atoms with Crippen LogP contribution in [-0.4, -0.2) is 17.5 Å². The van der Waals surface area contributed by atoms with Crippen molar-refractivity contribution in [2.45, 2.75) is 31.1 Å². The second-order valence-corrected chi connectivity index (χ2v) is 6.93. The molecule has 0 heterocycles. The highest BCUT2D eigenvalue weighted by atomic mass is 32.2. The predicted molar refractivity (Wildman–Crippen MR) is 92.8 cm³/mol. The van der Waals surface area contributed by atoms with Crippen LogP contribution >= 0.6 is 12.0 Å². The van der Waals surface area contributed by atoms with Crippen LogP contribution < -0.4 is 4.90 Å². The van der Waals surface area contributed by atoms with E-state index < -0.39 is 0 Å². The van der Waals surface area contributed by atoms with E-state index in [0.29, 0.717) is 22.5 Å². The summed E-state index contributed by atoms with van der Waals surface area (Å²) in [4.78, 5) is 14.9. The van der Waals surface area contributed by atoms with E-state index in [9.17, 15) is 4.79 Å². The van der Waals surface area contributed by atoms with E-state index in [2.05, 4.69) is 20.8 Å². The summed E-state index contributed by atoms with van der Waals surface area (Å²) in [6.45, 7) is 6.44. The van der Waals surface area contributed by atoms with Crippen molar-refractivity contribution in [1.29, 1.82) is 0 Å². The van der Waals surface area contributed by atoms with Crippen LogP contribution in [-0.2, 0) is 5.41 Å². The van der Waals surface area contributed by atoms with Crippen LogP contribution in [0.4, 0.5) is 5.69 Å². The minimum Gasteiger partial charge on any atom is -0.325 e. The molecule has 22 heavy (non-hydrogen) atoms. The third-order valence-electron chi connectivity index (χ3n) is 3.61. The molecule has 3 nitrogen and oxygen atoms in total. The van der Waals surface area contributed by atoms with Crippen LogP contribution in [0.25, 0.3) is 0 Å². The molecular weight excluding hydrogens is 294 g/mol. The van der Waals surface area contributed by atoms with Gasteiger partial charge in [0.05, 0.1) is 0 Å². The average molecular weight is 315 g/mol. The maximum atomic E-state index is 12.6. The third kappa shape index (κ3) is 3.70. The summed E-state index contributed by atoms with van der Waals surface area (Å²) in [5, 5.41) is 0. The number of carbonyl (C=O) groups is 1. The Morgan fingerprint density at radius 3 is 2.27 bits per heavy atom. The number of nitrogens with zero attached hydrogens (tertiary/aromatic N) is 1. The molecule has 0 fully saturated rings. The normalized spacial score (nSPS) is 11.3. The Kier molecular flexibility index (Phi) is 4.94. The monoisotopic (exact) mass is 315 g/mol. The van der Waals surface area contributed by atoms with E-state index >= 15 is 0 Å². The Hall–Kier alpha value is -1.78. The van der Waals surface area contributed by atoms with Gasteiger partial charge in [-0.1, -0.05) is 39.0 Å². The van der Waals surface area contributed by atoms with Gasteiger partial charge in [0, 0.05) is 35.2 Å². The number of anilines is 1. The van der Waals surface area contributed by atoms with Crippen molar-refractivity contribution in [2.24, 2.45) is 0 Å². The predicted octanol–water partition coefficient (Wildman–Crippen LogP) is 4.83. The smallest absolute Gasteiger partial charge is 0.258 e. The first-order chi connectivity index (χ1) is 10.3. The first kappa shape index (κ1) is 16.6. The highest BCUT2D eigenvalue weighted by Crippen LogP contribution is 2.24. The van der Waals surface area contributed by atoms with Gasteiger partial charge in [-0.3, -0.25) is 4.79 Å². The van der Waals surface area contributed by atoms with E-state index in [-0.39, 0.29) is 11.3 Å². The number of hydrogen-bond donors (Lipinski definition) is 1. The molecule has 4 heteroatoms. The Labute approximate surface area is 136 Å². The lowest BCUT2D eigenvalue weighted by atomic mass is 9.86. The molecule has 0 aromatic heterocycles. The van der Waals surface area contributed by atoms with Crippen molar-refractivity contribution in [3.05, 3.63) is 59.7 Å². The van der Waals surface area contributed by atoms with E-state index in [0.717, 1.165) is 5.69 Å². The SMILES string of the molecule is CN(C(=O)c1ccc(C(C)(C)C)cc1)c1cccc(SO)c1. The second kappa shape index (κ2) is 6.55. The van der Waals surface area contributed by atoms with Crippen molar-refractivity contribution < 1.29 is 9.35 Å². The number of rotatable bonds is 3. The van der Waals surface area contributed by atoms with E-state index in [4.69, 9.17) is 4.55 Å². The van der Waals surface area contributed by atoms with Crippen LogP contribution in [0.15, 0.2) is 53.4 Å². The van der Waals surface area contributed by atoms with Crippen molar-refractivity contribution in [3.8, 4) is 0 Å². The van der Waals surface area contributed by atoms with Crippen molar-refractivity contribution >= 4 is 23.6 Å². The molecule has 0 aliphatic carbocycles. The minimum absolute atomic E-state index is 0.0689. The number of hydrogen-bond acceptors (Lipinski definition) is 3. The molecule has 0 atom stereocenters. The first-order valence-electron chi connectivity index (χ1n) is 7.13. The summed E-state index contributed by atoms with van der Waals surface area (Å²) in [5.74, 6) is -0.0689. The molecule has 1 N–H and O–H groups in total. The summed E-state index contributed by atoms with van der Waals surface area (Å²) in [6, 6.07) is 15.0. The molecule has 0 radical (unpaired) electrons. The van der Waals surface area contributed by atoms with Gasteiger partial charge in [0.2, 0.25) is 0 Å². The van der Waals surface area contributed by atoms with Crippen LogP contribution in [0.1, 0.15) is 36.7 Å². The lowest BCUT2D eigenvalue weighted by Crippen LogP contribution is -2.26. The van der Waals surface area contributed by atoms with E-state index in [1.807, 2.05) is 36.4 Å². The van der Waals surface area contributed by atoms with Gasteiger partial charge in [-0.25, -0.2) is 0 Å². The highest BCUT2D eigenvalue weighted by molar-refractivity contribution is 7.93. The minimum atomic E-state index is -0.0689. The summed E-state index contributed by atoms with van der Waals surface area (Å²) >= 11 is 0.675. The van der Waals surface area contributed by atoms with Gasteiger partial charge in [-0.2, -0.15) is 0 Å². The summed E-state index contributed by atoms with van der Waals surface area (Å²) in [6.07, 6.45) is 0. The second-order valence-electron chi connectivity index (χ2n) is 6.28. The lowest BCUT2D eigenvalue weighted by molar-refractivity contribution is 0.0993. The zero-order valence-corrected chi connectivity index (χ0v) is 14.1. The Bertz CT molecular complexity index is 660. The fourth-order valence-electron chi connectivity index (χ4n) is 2.17. The zero-order chi connectivity index (χ0) is 16.3. The maximum absolute atomic E-state index is 12.6. The van der Waals surface area contributed by atoms with Crippen molar-refractivity contribution in [2.75, 3.05) is 11.9 Å². The van der Waals surface area contributed by atoms with Crippen LogP contribution in [0.2, 0.25) is 0 Å². The Morgan fingerprint density at radius 2 is 1.73 bits per heavy atom. The van der Waals surface area contributed by atoms with Gasteiger partial charge in [-0.05, 0) is 41.3 Å². The molecule has 2 aromatic carbocycles. The first-order valence-corrected chi connectivity index (χ1v) is 7.90. The van der Waals surface area contributed by atoms with Crippen LogP contribution in [0.5, 0.6) is 0 Å². The fourth-order valence-corrected chi connectivity index (χ4v) is 2.49. The van der Waals surface area contributed by atoms with Gasteiger partial charge < -0.3 is 9.45 Å². The summed E-state index contributed by atoms with van der Waals surface area (Å²) in [5.41, 5.74) is 2.67. The van der Waals surface area contributed by atoms with Crippen LogP contribution in [0.3, 0.4) is 0 Å². The molecule has 2 aromatic rings. The fraction of sp³-hybridized carbons (Fsp3) is 0.278. The average Bonchev–Trinajstić information content (AvgIpc) is 2.53. The third-order valence-corrected chi connectivity index (χ3v) is 4.08. The molecule has 2 rings (SSSR count). The molecular formula is C18H21NO2S. The van der Waals surface area contributed by atoms with Crippen LogP contribution in [0, 0.1) is 0 Å². The summed E-state index contributed by atoms with van der Waals surface area (Å²) < 4.78 is 9.12. The number of carbonyl (C=O) groups excluding carboxylic acids is 1. The zero-order valence-electron chi connectivity index (χ0n) is 13.3. The quantitative estimate of drug-likeness (QED) is 0.825. The van der Waals surface area contributed by atoms with E-state index in [1.54, 1.807) is 24.1 Å². The molecule has 116 valence electrons. The molecule has 0 aliphatic rings. The molecule has 0 saturated heterocycles. The summed E-state index contributed by atoms with van der Waals surface area (Å²) in [7, 11) is 1.74.